The molecule has 0 saturated heterocycles. The van der Waals surface area contributed by atoms with Gasteiger partial charge in [0.15, 0.2) is 11.5 Å². The zero-order chi connectivity index (χ0) is 21.7. The van der Waals surface area contributed by atoms with E-state index in [9.17, 15) is 14.4 Å². The van der Waals surface area contributed by atoms with Crippen molar-refractivity contribution < 1.29 is 28.2 Å². The Hall–Kier alpha value is -4.38. The van der Waals surface area contributed by atoms with Crippen LogP contribution in [0, 0.1) is 11.3 Å². The van der Waals surface area contributed by atoms with Crippen molar-refractivity contribution in [2.45, 2.75) is 0 Å². The predicted octanol–water partition coefficient (Wildman–Crippen LogP) is 3.10. The van der Waals surface area contributed by atoms with Gasteiger partial charge in [0.2, 0.25) is 0 Å². The van der Waals surface area contributed by atoms with E-state index < -0.39 is 17.6 Å². The summed E-state index contributed by atoms with van der Waals surface area (Å²) < 4.78 is 20.2. The molecule has 0 fully saturated rings. The first-order valence-corrected chi connectivity index (χ1v) is 8.60. The number of para-hydroxylation sites is 1. The van der Waals surface area contributed by atoms with Crippen LogP contribution in [0.5, 0.6) is 11.5 Å². The van der Waals surface area contributed by atoms with Crippen molar-refractivity contribution in [2.75, 3.05) is 14.2 Å². The molecular formula is C22H15NO7. The fourth-order valence-corrected chi connectivity index (χ4v) is 2.63. The zero-order valence-electron chi connectivity index (χ0n) is 16.0. The number of carbonyl (C=O) groups is 2. The third-order valence-electron chi connectivity index (χ3n) is 4.09. The lowest BCUT2D eigenvalue weighted by Gasteiger charge is -2.10. The van der Waals surface area contributed by atoms with Gasteiger partial charge in [-0.1, -0.05) is 24.3 Å². The van der Waals surface area contributed by atoms with Gasteiger partial charge in [-0.05, 0) is 35.9 Å². The highest BCUT2D eigenvalue weighted by Crippen LogP contribution is 2.29. The summed E-state index contributed by atoms with van der Waals surface area (Å²) in [4.78, 5) is 36.2. The predicted molar refractivity (Wildman–Crippen MR) is 106 cm³/mol. The van der Waals surface area contributed by atoms with Crippen molar-refractivity contribution in [1.82, 2.24) is 0 Å². The normalized spacial score (nSPS) is 10.9. The lowest BCUT2D eigenvalue weighted by Crippen LogP contribution is -2.19. The molecule has 3 rings (SSSR count). The van der Waals surface area contributed by atoms with Crippen LogP contribution in [0.3, 0.4) is 0 Å². The molecule has 2 aromatic carbocycles. The molecule has 0 amide bonds. The third-order valence-corrected chi connectivity index (χ3v) is 4.09. The maximum absolute atomic E-state index is 12.5. The van der Waals surface area contributed by atoms with Crippen molar-refractivity contribution in [2.24, 2.45) is 0 Å². The Kier molecular flexibility index (Phi) is 5.94. The average molecular weight is 405 g/mol. The minimum atomic E-state index is -0.914. The van der Waals surface area contributed by atoms with Crippen LogP contribution in [0.25, 0.3) is 17.0 Å². The highest BCUT2D eigenvalue weighted by atomic mass is 16.6. The molecule has 0 aliphatic carbocycles. The van der Waals surface area contributed by atoms with Crippen molar-refractivity contribution in [1.29, 1.82) is 5.26 Å². The molecule has 0 radical (unpaired) electrons. The Balaban J connectivity index is 1.92. The molecule has 1 aromatic heterocycles. The van der Waals surface area contributed by atoms with Gasteiger partial charge in [0, 0.05) is 5.39 Å². The summed E-state index contributed by atoms with van der Waals surface area (Å²) in [6, 6.07) is 14.3. The number of hydrogen-bond acceptors (Lipinski definition) is 8. The van der Waals surface area contributed by atoms with E-state index in [1.54, 1.807) is 30.3 Å². The number of nitrogens with zero attached hydrogens (tertiary/aromatic N) is 1. The maximum Gasteiger partial charge on any atom is 0.351 e. The first-order chi connectivity index (χ1) is 14.5. The highest BCUT2D eigenvalue weighted by Gasteiger charge is 2.18. The number of methoxy groups -OCH3 is 2. The molecular weight excluding hydrogens is 390 g/mol. The van der Waals surface area contributed by atoms with Crippen LogP contribution in [0.4, 0.5) is 0 Å². The molecule has 0 atom stereocenters. The van der Waals surface area contributed by atoms with Gasteiger partial charge in [0.1, 0.15) is 22.8 Å². The summed E-state index contributed by atoms with van der Waals surface area (Å²) in [5.74, 6) is -1.49. The maximum atomic E-state index is 12.5. The second-order valence-corrected chi connectivity index (χ2v) is 5.95. The standard InChI is InChI=1S/C22H15NO7/c1-27-19-10-13(9-15(12-23)20(24)28-2)7-8-18(19)30-22(26)16-11-14-5-3-4-6-17(14)29-21(16)25/h3-11H,1-2H3/b15-9-. The fourth-order valence-electron chi connectivity index (χ4n) is 2.63. The van der Waals surface area contributed by atoms with Crippen molar-refractivity contribution >= 4 is 29.0 Å². The van der Waals surface area contributed by atoms with Crippen LogP contribution in [0.2, 0.25) is 0 Å². The minimum Gasteiger partial charge on any atom is -0.493 e. The van der Waals surface area contributed by atoms with E-state index in [4.69, 9.17) is 19.2 Å². The summed E-state index contributed by atoms with van der Waals surface area (Å²) in [5.41, 5.74) is -0.505. The number of benzene rings is 2. The van der Waals surface area contributed by atoms with Crippen molar-refractivity contribution in [3.63, 3.8) is 0 Å². The molecule has 1 heterocycles. The van der Waals surface area contributed by atoms with Gasteiger partial charge in [-0.25, -0.2) is 14.4 Å². The largest absolute Gasteiger partial charge is 0.493 e. The molecule has 3 aromatic rings. The Morgan fingerprint density at radius 3 is 2.53 bits per heavy atom. The summed E-state index contributed by atoms with van der Waals surface area (Å²) in [6.45, 7) is 0. The van der Waals surface area contributed by atoms with Crippen molar-refractivity contribution in [3.05, 3.63) is 75.7 Å². The number of fused-ring (bicyclic) bond motifs is 1. The number of ether oxygens (including phenoxy) is 3. The third kappa shape index (κ3) is 4.20. The van der Waals surface area contributed by atoms with Crippen LogP contribution < -0.4 is 15.1 Å². The smallest absolute Gasteiger partial charge is 0.351 e. The van der Waals surface area contributed by atoms with E-state index >= 15 is 0 Å². The van der Waals surface area contributed by atoms with E-state index in [0.717, 1.165) is 0 Å². The van der Waals surface area contributed by atoms with Gasteiger partial charge in [-0.15, -0.1) is 0 Å². The van der Waals surface area contributed by atoms with E-state index in [0.29, 0.717) is 16.5 Å². The van der Waals surface area contributed by atoms with E-state index in [2.05, 4.69) is 4.74 Å². The summed E-state index contributed by atoms with van der Waals surface area (Å²) in [7, 11) is 2.52. The van der Waals surface area contributed by atoms with Gasteiger partial charge in [-0.3, -0.25) is 0 Å². The Morgan fingerprint density at radius 1 is 1.07 bits per heavy atom. The number of hydrogen-bond donors (Lipinski definition) is 0. The lowest BCUT2D eigenvalue weighted by molar-refractivity contribution is -0.135. The molecule has 0 aliphatic rings. The number of rotatable bonds is 5. The Bertz CT molecular complexity index is 1260. The molecule has 8 heteroatoms. The minimum absolute atomic E-state index is 0.0452. The second kappa shape index (κ2) is 8.75. The zero-order valence-corrected chi connectivity index (χ0v) is 16.0. The Labute approximate surface area is 170 Å². The molecule has 0 aliphatic heterocycles. The highest BCUT2D eigenvalue weighted by molar-refractivity contribution is 5.98. The molecule has 0 saturated carbocycles. The molecule has 150 valence electrons. The van der Waals surface area contributed by atoms with Gasteiger partial charge in [-0.2, -0.15) is 5.26 Å². The molecule has 0 unspecified atom stereocenters. The molecule has 8 nitrogen and oxygen atoms in total. The average Bonchev–Trinajstić information content (AvgIpc) is 2.77. The van der Waals surface area contributed by atoms with Crippen LogP contribution in [0.15, 0.2) is 63.3 Å². The quantitative estimate of drug-likeness (QED) is 0.209. The molecule has 30 heavy (non-hydrogen) atoms. The fraction of sp³-hybridized carbons (Fsp3) is 0.0909. The summed E-state index contributed by atoms with van der Waals surface area (Å²) in [6.07, 6.45) is 1.30. The molecule has 0 spiro atoms. The van der Waals surface area contributed by atoms with Gasteiger partial charge in [0.05, 0.1) is 14.2 Å². The van der Waals surface area contributed by atoms with Gasteiger partial charge < -0.3 is 18.6 Å². The SMILES string of the molecule is COC(=O)/C(C#N)=C\c1ccc(OC(=O)c2cc3ccccc3oc2=O)c(OC)c1. The molecule has 0 N–H and O–H groups in total. The molecule has 0 bridgehead atoms. The van der Waals surface area contributed by atoms with E-state index in [1.807, 2.05) is 0 Å². The first kappa shape index (κ1) is 20.4. The van der Waals surface area contributed by atoms with Gasteiger partial charge >= 0.3 is 17.6 Å². The van der Waals surface area contributed by atoms with E-state index in [1.165, 1.54) is 44.6 Å². The Morgan fingerprint density at radius 2 is 1.83 bits per heavy atom. The van der Waals surface area contributed by atoms with Crippen LogP contribution >= 0.6 is 0 Å². The number of esters is 2. The van der Waals surface area contributed by atoms with Crippen LogP contribution in [-0.2, 0) is 9.53 Å². The van der Waals surface area contributed by atoms with E-state index in [-0.39, 0.29) is 22.6 Å². The van der Waals surface area contributed by atoms with Crippen molar-refractivity contribution in [3.8, 4) is 17.6 Å². The van der Waals surface area contributed by atoms with Crippen LogP contribution in [0.1, 0.15) is 15.9 Å². The number of nitriles is 1. The van der Waals surface area contributed by atoms with Crippen LogP contribution in [-0.4, -0.2) is 26.2 Å². The first-order valence-electron chi connectivity index (χ1n) is 8.60. The second-order valence-electron chi connectivity index (χ2n) is 5.95. The summed E-state index contributed by atoms with van der Waals surface area (Å²) >= 11 is 0. The number of carbonyl (C=O) groups excluding carboxylic acids is 2. The monoisotopic (exact) mass is 405 g/mol. The van der Waals surface area contributed by atoms with Gasteiger partial charge in [0.25, 0.3) is 0 Å². The topological polar surface area (TPSA) is 116 Å². The lowest BCUT2D eigenvalue weighted by atomic mass is 10.1. The summed E-state index contributed by atoms with van der Waals surface area (Å²) in [5, 5.41) is 9.63.